The molecule has 0 atom stereocenters. The van der Waals surface area contributed by atoms with Crippen LogP contribution in [0.5, 0.6) is 11.5 Å². The molecule has 0 aliphatic carbocycles. The summed E-state index contributed by atoms with van der Waals surface area (Å²) in [5.74, 6) is 1.48. The average Bonchev–Trinajstić information content (AvgIpc) is 3.33. The van der Waals surface area contributed by atoms with Crippen LogP contribution in [0.2, 0.25) is 0 Å². The van der Waals surface area contributed by atoms with E-state index in [9.17, 15) is 10.1 Å². The van der Waals surface area contributed by atoms with Crippen LogP contribution in [0.1, 0.15) is 22.4 Å². The van der Waals surface area contributed by atoms with Crippen molar-refractivity contribution in [1.29, 1.82) is 0 Å². The molecule has 1 aromatic heterocycles. The first-order chi connectivity index (χ1) is 14.1. The Bertz CT molecular complexity index is 1150. The molecule has 3 aromatic rings. The highest BCUT2D eigenvalue weighted by Crippen LogP contribution is 2.37. The molecule has 0 radical (unpaired) electrons. The van der Waals surface area contributed by atoms with Gasteiger partial charge in [-0.2, -0.15) is 0 Å². The molecule has 0 unspecified atom stereocenters. The molecule has 0 saturated carbocycles. The van der Waals surface area contributed by atoms with Crippen LogP contribution in [0.25, 0.3) is 0 Å². The van der Waals surface area contributed by atoms with Gasteiger partial charge in [-0.3, -0.25) is 10.1 Å². The minimum atomic E-state index is -0.352. The number of nitro groups is 1. The molecule has 7 heteroatoms. The molecule has 2 aromatic carbocycles. The summed E-state index contributed by atoms with van der Waals surface area (Å²) >= 11 is 0. The summed E-state index contributed by atoms with van der Waals surface area (Å²) < 4.78 is 15.3. The van der Waals surface area contributed by atoms with Gasteiger partial charge in [-0.1, -0.05) is 30.3 Å². The Balaban J connectivity index is 1.71. The zero-order valence-electron chi connectivity index (χ0n) is 16.0. The Kier molecular flexibility index (Phi) is 4.08. The Morgan fingerprint density at radius 1 is 1.14 bits per heavy atom. The van der Waals surface area contributed by atoms with E-state index in [2.05, 4.69) is 16.7 Å². The maximum absolute atomic E-state index is 11.4. The summed E-state index contributed by atoms with van der Waals surface area (Å²) in [4.78, 5) is 11.0. The summed E-state index contributed by atoms with van der Waals surface area (Å²) in [5, 5.41) is 11.4. The molecule has 0 bridgehead atoms. The lowest BCUT2D eigenvalue weighted by Gasteiger charge is -2.19. The number of ether oxygens (including phenoxy) is 2. The van der Waals surface area contributed by atoms with Crippen molar-refractivity contribution in [2.75, 3.05) is 13.3 Å². The molecular formula is C22H20N3O4+. The molecule has 7 nitrogen and oxygen atoms in total. The van der Waals surface area contributed by atoms with E-state index < -0.39 is 0 Å². The van der Waals surface area contributed by atoms with Crippen molar-refractivity contribution in [2.24, 2.45) is 7.05 Å². The van der Waals surface area contributed by atoms with E-state index in [0.29, 0.717) is 5.75 Å². The number of aryl methyl sites for hydroxylation is 1. The normalized spacial score (nSPS) is 14.8. The molecule has 146 valence electrons. The molecule has 2 aliphatic heterocycles. The van der Waals surface area contributed by atoms with Crippen molar-refractivity contribution < 1.29 is 19.0 Å². The molecule has 5 rings (SSSR count). The van der Waals surface area contributed by atoms with E-state index >= 15 is 0 Å². The third-order valence-corrected chi connectivity index (χ3v) is 5.48. The highest BCUT2D eigenvalue weighted by Gasteiger charge is 2.33. The Hall–Kier alpha value is -3.61. The third-order valence-electron chi connectivity index (χ3n) is 5.48. The summed E-state index contributed by atoms with van der Waals surface area (Å²) in [5.41, 5.74) is 5.27. The van der Waals surface area contributed by atoms with Gasteiger partial charge in [-0.15, -0.1) is 0 Å². The van der Waals surface area contributed by atoms with Gasteiger partial charge in [0, 0.05) is 25.1 Å². The van der Waals surface area contributed by atoms with Gasteiger partial charge < -0.3 is 14.0 Å². The van der Waals surface area contributed by atoms with Gasteiger partial charge in [-0.05, 0) is 17.7 Å². The maximum atomic E-state index is 11.4. The largest absolute Gasteiger partial charge is 0.454 e. The van der Waals surface area contributed by atoms with Crippen molar-refractivity contribution in [1.82, 2.24) is 4.57 Å². The predicted octanol–water partition coefficient (Wildman–Crippen LogP) is 3.27. The number of rotatable bonds is 4. The lowest BCUT2D eigenvalue weighted by atomic mass is 9.93. The van der Waals surface area contributed by atoms with E-state index in [4.69, 9.17) is 9.47 Å². The van der Waals surface area contributed by atoms with Crippen LogP contribution in [0.15, 0.2) is 54.7 Å². The van der Waals surface area contributed by atoms with Crippen LogP contribution >= 0.6 is 0 Å². The number of nitrogens with zero attached hydrogens (tertiary/aromatic N) is 3. The minimum absolute atomic E-state index is 0.0857. The van der Waals surface area contributed by atoms with Gasteiger partial charge in [0.05, 0.1) is 16.7 Å². The van der Waals surface area contributed by atoms with Crippen LogP contribution in [-0.2, 0) is 20.0 Å². The molecular weight excluding hydrogens is 370 g/mol. The second kappa shape index (κ2) is 6.77. The highest BCUT2D eigenvalue weighted by molar-refractivity contribution is 6.10. The van der Waals surface area contributed by atoms with E-state index in [1.807, 2.05) is 41.9 Å². The van der Waals surface area contributed by atoms with Gasteiger partial charge in [0.1, 0.15) is 12.2 Å². The maximum Gasteiger partial charge on any atom is 0.287 e. The molecule has 2 aliphatic rings. The zero-order valence-corrected chi connectivity index (χ0v) is 16.0. The van der Waals surface area contributed by atoms with Gasteiger partial charge in [0.15, 0.2) is 18.0 Å². The molecule has 3 heterocycles. The van der Waals surface area contributed by atoms with Gasteiger partial charge in [0.25, 0.3) is 5.69 Å². The topological polar surface area (TPSA) is 69.5 Å². The van der Waals surface area contributed by atoms with Crippen molar-refractivity contribution in [3.63, 3.8) is 0 Å². The lowest BCUT2D eigenvalue weighted by molar-refractivity contribution is -0.544. The number of fused-ring (bicyclic) bond motifs is 2. The lowest BCUT2D eigenvalue weighted by Crippen LogP contribution is -2.31. The van der Waals surface area contributed by atoms with Gasteiger partial charge >= 0.3 is 0 Å². The number of aromatic nitrogens is 1. The summed E-state index contributed by atoms with van der Waals surface area (Å²) in [7, 11) is 1.84. The smallest absolute Gasteiger partial charge is 0.287 e. The second-order valence-electron chi connectivity index (χ2n) is 7.32. The first-order valence-corrected chi connectivity index (χ1v) is 9.50. The first kappa shape index (κ1) is 17.5. The van der Waals surface area contributed by atoms with E-state index in [0.717, 1.165) is 47.8 Å². The average molecular weight is 390 g/mol. The van der Waals surface area contributed by atoms with Crippen molar-refractivity contribution in [2.45, 2.75) is 13.0 Å². The fourth-order valence-corrected chi connectivity index (χ4v) is 4.09. The third kappa shape index (κ3) is 3.04. The number of hydrogen-bond acceptors (Lipinski definition) is 4. The Labute approximate surface area is 167 Å². The van der Waals surface area contributed by atoms with Crippen molar-refractivity contribution >= 4 is 11.4 Å². The summed E-state index contributed by atoms with van der Waals surface area (Å²) in [6, 6.07) is 15.9. The second-order valence-corrected chi connectivity index (χ2v) is 7.32. The molecule has 0 N–H and O–H groups in total. The highest BCUT2D eigenvalue weighted by atomic mass is 16.7. The molecule has 29 heavy (non-hydrogen) atoms. The SMILES string of the molecule is Cn1cc([N+](=O)[O-])cc1C1=[N+](Cc2ccccc2)CCc2cc3c(cc21)OCO3. The van der Waals surface area contributed by atoms with Gasteiger partial charge in [0.2, 0.25) is 12.5 Å². The summed E-state index contributed by atoms with van der Waals surface area (Å²) in [6.45, 7) is 1.76. The van der Waals surface area contributed by atoms with Gasteiger partial charge in [-0.25, -0.2) is 4.58 Å². The van der Waals surface area contributed by atoms with Crippen LogP contribution in [0.4, 0.5) is 5.69 Å². The quantitative estimate of drug-likeness (QED) is 0.390. The fraction of sp³-hybridized carbons (Fsp3) is 0.227. The molecule has 0 fully saturated rings. The molecule has 0 spiro atoms. The van der Waals surface area contributed by atoms with Crippen LogP contribution < -0.4 is 9.47 Å². The van der Waals surface area contributed by atoms with Crippen molar-refractivity contribution in [3.8, 4) is 11.5 Å². The molecule has 0 amide bonds. The van der Waals surface area contributed by atoms with Crippen LogP contribution in [-0.4, -0.2) is 33.1 Å². The number of hydrogen-bond donors (Lipinski definition) is 0. The standard InChI is InChI=1S/C22H20N3O4/c1-23-13-17(25(26)27)10-19(23)22-18-11-21-20(28-14-29-21)9-16(18)7-8-24(22)12-15-5-3-2-4-6-15/h2-6,9-11,13H,7-8,12,14H2,1H3/q+1. The first-order valence-electron chi connectivity index (χ1n) is 9.50. The zero-order chi connectivity index (χ0) is 20.0. The van der Waals surface area contributed by atoms with Crippen molar-refractivity contribution in [3.05, 3.63) is 87.2 Å². The summed E-state index contributed by atoms with van der Waals surface area (Å²) in [6.07, 6.45) is 2.43. The fourth-order valence-electron chi connectivity index (χ4n) is 4.09. The van der Waals surface area contributed by atoms with Crippen LogP contribution in [0.3, 0.4) is 0 Å². The minimum Gasteiger partial charge on any atom is -0.454 e. The Morgan fingerprint density at radius 2 is 1.90 bits per heavy atom. The van der Waals surface area contributed by atoms with E-state index in [1.54, 1.807) is 12.3 Å². The van der Waals surface area contributed by atoms with E-state index in [1.165, 1.54) is 5.56 Å². The van der Waals surface area contributed by atoms with Crippen LogP contribution in [0, 0.1) is 10.1 Å². The monoisotopic (exact) mass is 390 g/mol. The van der Waals surface area contributed by atoms with E-state index in [-0.39, 0.29) is 17.4 Å². The Morgan fingerprint density at radius 3 is 2.62 bits per heavy atom. The number of benzene rings is 2. The predicted molar refractivity (Wildman–Crippen MR) is 107 cm³/mol. The molecule has 0 saturated heterocycles.